The first-order chi connectivity index (χ1) is 11.0. The Bertz CT molecular complexity index is 764. The zero-order valence-corrected chi connectivity index (χ0v) is 15.2. The molecule has 0 aliphatic carbocycles. The number of carbonyl (C=O) groups is 1. The normalized spacial score (nSPS) is 13.3. The molecule has 0 N–H and O–H groups in total. The molecule has 1 amide bonds. The SMILES string of the molecule is CC(C)Oc1ncc(C(=O)N2CCc3cc(Br)ccc32)cc1Cl. The van der Waals surface area contributed by atoms with E-state index in [4.69, 9.17) is 16.3 Å². The summed E-state index contributed by atoms with van der Waals surface area (Å²) in [5, 5.41) is 0.347. The number of fused-ring (bicyclic) bond motifs is 1. The number of anilines is 1. The second-order valence-corrected chi connectivity index (χ2v) is 6.98. The summed E-state index contributed by atoms with van der Waals surface area (Å²) in [6.45, 7) is 4.46. The standard InChI is InChI=1S/C17H16BrClN2O2/c1-10(2)23-16-14(19)8-12(9-20-16)17(22)21-6-5-11-7-13(18)3-4-15(11)21/h3-4,7-10H,5-6H2,1-2H3. The number of halogens is 2. The molecule has 6 heteroatoms. The van der Waals surface area contributed by atoms with E-state index in [2.05, 4.69) is 20.9 Å². The predicted octanol–water partition coefficient (Wildman–Crippen LogP) is 4.49. The average molecular weight is 396 g/mol. The Morgan fingerprint density at radius 2 is 2.17 bits per heavy atom. The monoisotopic (exact) mass is 394 g/mol. The van der Waals surface area contributed by atoms with E-state index in [1.54, 1.807) is 11.0 Å². The van der Waals surface area contributed by atoms with Gasteiger partial charge in [0.15, 0.2) is 0 Å². The van der Waals surface area contributed by atoms with Crippen LogP contribution in [0.25, 0.3) is 0 Å². The van der Waals surface area contributed by atoms with E-state index in [9.17, 15) is 4.79 Å². The minimum atomic E-state index is -0.100. The Balaban J connectivity index is 1.86. The summed E-state index contributed by atoms with van der Waals surface area (Å²) in [5.41, 5.74) is 2.56. The maximum absolute atomic E-state index is 12.8. The molecule has 1 aliphatic rings. The third kappa shape index (κ3) is 3.35. The number of rotatable bonds is 3. The molecule has 120 valence electrons. The quantitative estimate of drug-likeness (QED) is 0.769. The maximum Gasteiger partial charge on any atom is 0.259 e. The largest absolute Gasteiger partial charge is 0.474 e. The van der Waals surface area contributed by atoms with Crippen molar-refractivity contribution in [1.82, 2.24) is 4.98 Å². The summed E-state index contributed by atoms with van der Waals surface area (Å²) in [7, 11) is 0. The van der Waals surface area contributed by atoms with Crippen molar-refractivity contribution in [2.45, 2.75) is 26.4 Å². The van der Waals surface area contributed by atoms with Crippen LogP contribution in [0.3, 0.4) is 0 Å². The number of aromatic nitrogens is 1. The number of benzene rings is 1. The van der Waals surface area contributed by atoms with Crippen molar-refractivity contribution in [3.63, 3.8) is 0 Å². The number of ether oxygens (including phenoxy) is 1. The van der Waals surface area contributed by atoms with Gasteiger partial charge in [0.2, 0.25) is 5.88 Å². The van der Waals surface area contributed by atoms with Crippen LogP contribution in [0.5, 0.6) is 5.88 Å². The van der Waals surface area contributed by atoms with E-state index >= 15 is 0 Å². The molecule has 0 fully saturated rings. The van der Waals surface area contributed by atoms with Crippen LogP contribution in [0.15, 0.2) is 34.9 Å². The first-order valence-corrected chi connectivity index (χ1v) is 8.55. The molecule has 0 atom stereocenters. The lowest BCUT2D eigenvalue weighted by molar-refractivity contribution is 0.0989. The number of amides is 1. The van der Waals surface area contributed by atoms with Crippen molar-refractivity contribution >= 4 is 39.1 Å². The van der Waals surface area contributed by atoms with Gasteiger partial charge in [-0.3, -0.25) is 4.79 Å². The smallest absolute Gasteiger partial charge is 0.259 e. The minimum absolute atomic E-state index is 0.0227. The molecule has 2 aromatic rings. The Morgan fingerprint density at radius 1 is 1.39 bits per heavy atom. The highest BCUT2D eigenvalue weighted by Gasteiger charge is 2.26. The first kappa shape index (κ1) is 16.3. The third-order valence-electron chi connectivity index (χ3n) is 3.58. The highest BCUT2D eigenvalue weighted by molar-refractivity contribution is 9.10. The van der Waals surface area contributed by atoms with Crippen LogP contribution in [-0.2, 0) is 6.42 Å². The molecular weight excluding hydrogens is 380 g/mol. The van der Waals surface area contributed by atoms with Gasteiger partial charge in [-0.25, -0.2) is 4.98 Å². The molecule has 23 heavy (non-hydrogen) atoms. The van der Waals surface area contributed by atoms with Crippen LogP contribution >= 0.6 is 27.5 Å². The molecule has 1 aliphatic heterocycles. The number of hydrogen-bond donors (Lipinski definition) is 0. The van der Waals surface area contributed by atoms with Crippen molar-refractivity contribution < 1.29 is 9.53 Å². The summed E-state index contributed by atoms with van der Waals surface area (Å²) in [4.78, 5) is 18.7. The molecule has 0 radical (unpaired) electrons. The fraction of sp³-hybridized carbons (Fsp3) is 0.294. The zero-order chi connectivity index (χ0) is 16.6. The van der Waals surface area contributed by atoms with E-state index in [-0.39, 0.29) is 12.0 Å². The van der Waals surface area contributed by atoms with Gasteiger partial charge < -0.3 is 9.64 Å². The Morgan fingerprint density at radius 3 is 2.87 bits per heavy atom. The molecule has 3 rings (SSSR count). The molecular formula is C17H16BrClN2O2. The number of hydrogen-bond acceptors (Lipinski definition) is 3. The van der Waals surface area contributed by atoms with Crippen LogP contribution < -0.4 is 9.64 Å². The van der Waals surface area contributed by atoms with Gasteiger partial charge in [0.05, 0.1) is 11.7 Å². The summed E-state index contributed by atoms with van der Waals surface area (Å²) in [5.74, 6) is 0.250. The van der Waals surface area contributed by atoms with Gasteiger partial charge in [-0.1, -0.05) is 27.5 Å². The fourth-order valence-corrected chi connectivity index (χ4v) is 3.21. The van der Waals surface area contributed by atoms with Crippen LogP contribution in [0.1, 0.15) is 29.8 Å². The predicted molar refractivity (Wildman–Crippen MR) is 94.5 cm³/mol. The molecule has 1 aromatic carbocycles. The van der Waals surface area contributed by atoms with Gasteiger partial charge in [-0.2, -0.15) is 0 Å². The lowest BCUT2D eigenvalue weighted by Crippen LogP contribution is -2.29. The zero-order valence-electron chi connectivity index (χ0n) is 12.8. The van der Waals surface area contributed by atoms with Crippen LogP contribution in [-0.4, -0.2) is 23.5 Å². The van der Waals surface area contributed by atoms with Crippen molar-refractivity contribution in [3.05, 3.63) is 51.1 Å². The molecule has 0 unspecified atom stereocenters. The molecule has 1 aromatic heterocycles. The van der Waals surface area contributed by atoms with Gasteiger partial charge in [0.25, 0.3) is 5.91 Å². The van der Waals surface area contributed by atoms with Crippen LogP contribution in [0, 0.1) is 0 Å². The van der Waals surface area contributed by atoms with Crippen molar-refractivity contribution in [3.8, 4) is 5.88 Å². The molecule has 0 bridgehead atoms. The van der Waals surface area contributed by atoms with Crippen LogP contribution in [0.2, 0.25) is 5.02 Å². The average Bonchev–Trinajstić information content (AvgIpc) is 2.91. The van der Waals surface area contributed by atoms with E-state index < -0.39 is 0 Å². The highest BCUT2D eigenvalue weighted by atomic mass is 79.9. The second-order valence-electron chi connectivity index (χ2n) is 5.66. The first-order valence-electron chi connectivity index (χ1n) is 7.38. The topological polar surface area (TPSA) is 42.4 Å². The number of pyridine rings is 1. The van der Waals surface area contributed by atoms with Gasteiger partial charge in [0, 0.05) is 22.9 Å². The number of carbonyl (C=O) groups excluding carboxylic acids is 1. The van der Waals surface area contributed by atoms with Crippen molar-refractivity contribution in [2.75, 3.05) is 11.4 Å². The van der Waals surface area contributed by atoms with E-state index in [1.165, 1.54) is 6.20 Å². The van der Waals surface area contributed by atoms with E-state index in [1.807, 2.05) is 32.0 Å². The van der Waals surface area contributed by atoms with Crippen LogP contribution in [0.4, 0.5) is 5.69 Å². The van der Waals surface area contributed by atoms with Gasteiger partial charge in [-0.05, 0) is 50.1 Å². The fourth-order valence-electron chi connectivity index (χ4n) is 2.59. The van der Waals surface area contributed by atoms with E-state index in [0.717, 1.165) is 22.1 Å². The summed E-state index contributed by atoms with van der Waals surface area (Å²) < 4.78 is 6.52. The van der Waals surface area contributed by atoms with Crippen molar-refractivity contribution in [2.24, 2.45) is 0 Å². The second kappa shape index (κ2) is 6.49. The molecule has 0 saturated heterocycles. The Labute approximate surface area is 148 Å². The molecule has 2 heterocycles. The highest BCUT2D eigenvalue weighted by Crippen LogP contribution is 2.32. The summed E-state index contributed by atoms with van der Waals surface area (Å²) in [6, 6.07) is 7.56. The molecule has 0 saturated carbocycles. The third-order valence-corrected chi connectivity index (χ3v) is 4.35. The maximum atomic E-state index is 12.8. The molecule has 0 spiro atoms. The Hall–Kier alpha value is -1.59. The van der Waals surface area contributed by atoms with Gasteiger partial charge >= 0.3 is 0 Å². The van der Waals surface area contributed by atoms with E-state index in [0.29, 0.717) is 23.0 Å². The lowest BCUT2D eigenvalue weighted by Gasteiger charge is -2.18. The van der Waals surface area contributed by atoms with Gasteiger partial charge in [-0.15, -0.1) is 0 Å². The molecule has 4 nitrogen and oxygen atoms in total. The minimum Gasteiger partial charge on any atom is -0.474 e. The lowest BCUT2D eigenvalue weighted by atomic mass is 10.2. The summed E-state index contributed by atoms with van der Waals surface area (Å²) >= 11 is 9.64. The van der Waals surface area contributed by atoms with Crippen molar-refractivity contribution in [1.29, 1.82) is 0 Å². The summed E-state index contributed by atoms with van der Waals surface area (Å²) in [6.07, 6.45) is 2.34. The van der Waals surface area contributed by atoms with Gasteiger partial charge in [0.1, 0.15) is 5.02 Å². The number of nitrogens with zero attached hydrogens (tertiary/aromatic N) is 2. The Kier molecular flexibility index (Phi) is 4.60.